The van der Waals surface area contributed by atoms with E-state index in [1.54, 1.807) is 0 Å². The van der Waals surface area contributed by atoms with Gasteiger partial charge in [-0.1, -0.05) is 40.5 Å². The third-order valence-corrected chi connectivity index (χ3v) is 12.3. The lowest BCUT2D eigenvalue weighted by atomic mass is 9.43. The highest BCUT2D eigenvalue weighted by molar-refractivity contribution is 5.71. The second kappa shape index (κ2) is 12.9. The standard InChI is InChI=1S/C34H54O8/c1-19(10-9-11-20(2)32(38)39-8)26-12-13-27-31-28(18-30(34(26,27)7)42-23(5)37)33(6)15-14-25(40-21(3)35)16-24(33)17-29(31)41-22(4)36/h19-20,24-31H,9-18H2,1-8H3. The fourth-order valence-corrected chi connectivity index (χ4v) is 10.4. The lowest BCUT2D eigenvalue weighted by molar-refractivity contribution is -0.224. The summed E-state index contributed by atoms with van der Waals surface area (Å²) in [5.41, 5.74) is -0.234. The molecule has 0 amide bonds. The lowest BCUT2D eigenvalue weighted by Crippen LogP contribution is -2.63. The predicted molar refractivity (Wildman–Crippen MR) is 157 cm³/mol. The van der Waals surface area contributed by atoms with Gasteiger partial charge >= 0.3 is 23.9 Å². The molecule has 0 aromatic heterocycles. The van der Waals surface area contributed by atoms with Gasteiger partial charge in [0.25, 0.3) is 0 Å². The van der Waals surface area contributed by atoms with Gasteiger partial charge in [0.2, 0.25) is 0 Å². The molecule has 0 spiro atoms. The van der Waals surface area contributed by atoms with E-state index in [-0.39, 0.29) is 82.6 Å². The van der Waals surface area contributed by atoms with Crippen molar-refractivity contribution in [2.45, 2.75) is 131 Å². The smallest absolute Gasteiger partial charge is 0.308 e. The molecule has 0 saturated heterocycles. The quantitative estimate of drug-likeness (QED) is 0.228. The van der Waals surface area contributed by atoms with Crippen LogP contribution in [0.1, 0.15) is 113 Å². The summed E-state index contributed by atoms with van der Waals surface area (Å²) >= 11 is 0. The molecule has 0 bridgehead atoms. The van der Waals surface area contributed by atoms with Gasteiger partial charge in [0.15, 0.2) is 0 Å². The van der Waals surface area contributed by atoms with Crippen molar-refractivity contribution in [1.29, 1.82) is 0 Å². The van der Waals surface area contributed by atoms with Gasteiger partial charge in [0.1, 0.15) is 18.3 Å². The average Bonchev–Trinajstić information content (AvgIpc) is 3.26. The zero-order valence-corrected chi connectivity index (χ0v) is 27.1. The van der Waals surface area contributed by atoms with E-state index in [0.29, 0.717) is 11.8 Å². The largest absolute Gasteiger partial charge is 0.469 e. The van der Waals surface area contributed by atoms with Gasteiger partial charge in [-0.05, 0) is 86.4 Å². The van der Waals surface area contributed by atoms with E-state index in [4.69, 9.17) is 18.9 Å². The fourth-order valence-electron chi connectivity index (χ4n) is 10.4. The summed E-state index contributed by atoms with van der Waals surface area (Å²) in [6.07, 6.45) is 8.42. The molecule has 4 aliphatic rings. The summed E-state index contributed by atoms with van der Waals surface area (Å²) in [6.45, 7) is 13.4. The number of fused-ring (bicyclic) bond motifs is 5. The van der Waals surface area contributed by atoms with Crippen LogP contribution >= 0.6 is 0 Å². The van der Waals surface area contributed by atoms with Crippen LogP contribution in [0.4, 0.5) is 0 Å². The first-order valence-electron chi connectivity index (χ1n) is 16.3. The molecule has 8 nitrogen and oxygen atoms in total. The molecule has 4 saturated carbocycles. The number of carbonyl (C=O) groups excluding carboxylic acids is 4. The average molecular weight is 591 g/mol. The van der Waals surface area contributed by atoms with E-state index in [1.807, 2.05) is 6.92 Å². The van der Waals surface area contributed by atoms with Crippen LogP contribution in [0.3, 0.4) is 0 Å². The fraction of sp³-hybridized carbons (Fsp3) is 0.882. The van der Waals surface area contributed by atoms with E-state index >= 15 is 0 Å². The van der Waals surface area contributed by atoms with Crippen LogP contribution in [0.15, 0.2) is 0 Å². The van der Waals surface area contributed by atoms with Crippen molar-refractivity contribution in [2.75, 3.05) is 7.11 Å². The van der Waals surface area contributed by atoms with E-state index in [1.165, 1.54) is 27.9 Å². The van der Waals surface area contributed by atoms with Crippen molar-refractivity contribution < 1.29 is 38.1 Å². The summed E-state index contributed by atoms with van der Waals surface area (Å²) < 4.78 is 23.0. The number of ether oxygens (including phenoxy) is 4. The zero-order chi connectivity index (χ0) is 31.0. The van der Waals surface area contributed by atoms with Gasteiger partial charge < -0.3 is 18.9 Å². The van der Waals surface area contributed by atoms with E-state index in [2.05, 4.69) is 20.8 Å². The summed E-state index contributed by atoms with van der Waals surface area (Å²) in [5, 5.41) is 0. The van der Waals surface area contributed by atoms with Gasteiger partial charge in [-0.15, -0.1) is 0 Å². The molecule has 8 heteroatoms. The van der Waals surface area contributed by atoms with Crippen LogP contribution in [-0.2, 0) is 38.1 Å². The summed E-state index contributed by atoms with van der Waals surface area (Å²) in [4.78, 5) is 48.7. The van der Waals surface area contributed by atoms with E-state index in [0.717, 1.165) is 64.2 Å². The van der Waals surface area contributed by atoms with Gasteiger partial charge in [-0.25, -0.2) is 0 Å². The first kappa shape index (κ1) is 32.8. The Balaban J connectivity index is 1.63. The molecule has 0 N–H and O–H groups in total. The van der Waals surface area contributed by atoms with Gasteiger partial charge in [0, 0.05) is 32.1 Å². The van der Waals surface area contributed by atoms with Crippen molar-refractivity contribution in [1.82, 2.24) is 0 Å². The van der Waals surface area contributed by atoms with Gasteiger partial charge in [-0.2, -0.15) is 0 Å². The second-order valence-electron chi connectivity index (χ2n) is 14.6. The monoisotopic (exact) mass is 590 g/mol. The van der Waals surface area contributed by atoms with Crippen LogP contribution < -0.4 is 0 Å². The SMILES string of the molecule is COC(=O)C(C)CCCC(C)C1CCC2C3C(OC(C)=O)CC4CC(OC(C)=O)CCC4(C)C3CC(OC(C)=O)C12C. The Morgan fingerprint density at radius 3 is 2.10 bits per heavy atom. The van der Waals surface area contributed by atoms with Crippen LogP contribution in [0.5, 0.6) is 0 Å². The highest BCUT2D eigenvalue weighted by Gasteiger charge is 2.67. The topological polar surface area (TPSA) is 105 Å². The van der Waals surface area contributed by atoms with Gasteiger partial charge in [0.05, 0.1) is 13.0 Å². The molecule has 0 aromatic carbocycles. The zero-order valence-electron chi connectivity index (χ0n) is 27.1. The van der Waals surface area contributed by atoms with Crippen LogP contribution in [0.25, 0.3) is 0 Å². The molecular weight excluding hydrogens is 536 g/mol. The number of hydrogen-bond acceptors (Lipinski definition) is 8. The number of esters is 4. The summed E-state index contributed by atoms with van der Waals surface area (Å²) in [5.74, 6) is 0.737. The minimum Gasteiger partial charge on any atom is -0.469 e. The van der Waals surface area contributed by atoms with Crippen LogP contribution in [-0.4, -0.2) is 49.3 Å². The summed E-state index contributed by atoms with van der Waals surface area (Å²) in [7, 11) is 1.44. The Morgan fingerprint density at radius 2 is 1.48 bits per heavy atom. The molecule has 4 fully saturated rings. The van der Waals surface area contributed by atoms with Crippen molar-refractivity contribution in [3.63, 3.8) is 0 Å². The minimum atomic E-state index is -0.249. The Hall–Kier alpha value is -2.12. The number of rotatable bonds is 9. The van der Waals surface area contributed by atoms with Crippen LogP contribution in [0.2, 0.25) is 0 Å². The molecule has 4 rings (SSSR count). The molecule has 0 aromatic rings. The highest BCUT2D eigenvalue weighted by Crippen LogP contribution is 2.69. The molecule has 0 radical (unpaired) electrons. The first-order valence-corrected chi connectivity index (χ1v) is 16.3. The molecular formula is C34H54O8. The predicted octanol–water partition coefficient (Wildman–Crippen LogP) is 6.28. The highest BCUT2D eigenvalue weighted by atomic mass is 16.6. The van der Waals surface area contributed by atoms with Crippen molar-refractivity contribution in [3.8, 4) is 0 Å². The Kier molecular flexibility index (Phi) is 10.0. The first-order chi connectivity index (χ1) is 19.7. The van der Waals surface area contributed by atoms with Crippen molar-refractivity contribution in [3.05, 3.63) is 0 Å². The third-order valence-electron chi connectivity index (χ3n) is 12.3. The molecule has 0 heterocycles. The molecule has 42 heavy (non-hydrogen) atoms. The Bertz CT molecular complexity index is 1030. The molecule has 238 valence electrons. The van der Waals surface area contributed by atoms with E-state index < -0.39 is 0 Å². The number of methoxy groups -OCH3 is 1. The second-order valence-corrected chi connectivity index (χ2v) is 14.6. The molecule has 12 atom stereocenters. The molecule has 0 aliphatic heterocycles. The van der Waals surface area contributed by atoms with Crippen molar-refractivity contribution in [2.24, 2.45) is 52.3 Å². The Morgan fingerprint density at radius 1 is 0.810 bits per heavy atom. The normalized spacial score (nSPS) is 40.4. The van der Waals surface area contributed by atoms with Crippen molar-refractivity contribution >= 4 is 23.9 Å². The maximum absolute atomic E-state index is 12.6. The third kappa shape index (κ3) is 6.24. The number of carbonyl (C=O) groups is 4. The maximum Gasteiger partial charge on any atom is 0.308 e. The molecule has 4 aliphatic carbocycles. The van der Waals surface area contributed by atoms with Crippen LogP contribution in [0, 0.1) is 52.3 Å². The Labute approximate surface area is 252 Å². The number of hydrogen-bond donors (Lipinski definition) is 0. The van der Waals surface area contributed by atoms with Gasteiger partial charge in [-0.3, -0.25) is 19.2 Å². The van der Waals surface area contributed by atoms with E-state index in [9.17, 15) is 19.2 Å². The minimum absolute atomic E-state index is 0.00851. The summed E-state index contributed by atoms with van der Waals surface area (Å²) in [6, 6.07) is 0. The lowest BCUT2D eigenvalue weighted by Gasteiger charge is -2.64. The molecule has 12 unspecified atom stereocenters. The maximum atomic E-state index is 12.6.